The van der Waals surface area contributed by atoms with Gasteiger partial charge in [0.05, 0.1) is 6.61 Å². The zero-order valence-corrected chi connectivity index (χ0v) is 13.2. The Kier molecular flexibility index (Phi) is 8.27. The van der Waals surface area contributed by atoms with Gasteiger partial charge in [0.15, 0.2) is 0 Å². The minimum Gasteiger partial charge on any atom is -0.433 e. The number of hydrogen-bond donors (Lipinski definition) is 4. The summed E-state index contributed by atoms with van der Waals surface area (Å²) in [6.07, 6.45) is -3.01. The smallest absolute Gasteiger partial charge is 0.308 e. The lowest BCUT2D eigenvalue weighted by atomic mass is 9.99. The van der Waals surface area contributed by atoms with Crippen LogP contribution in [-0.4, -0.2) is 63.7 Å². The summed E-state index contributed by atoms with van der Waals surface area (Å²) in [5.74, 6) is 0.106. The molecule has 7 heteroatoms. The minimum atomic E-state index is -1.54. The lowest BCUT2D eigenvalue weighted by Crippen LogP contribution is -2.59. The van der Waals surface area contributed by atoms with Crippen LogP contribution in [0.15, 0.2) is 0 Å². The van der Waals surface area contributed by atoms with Gasteiger partial charge >= 0.3 is 5.97 Å². The second-order valence-electron chi connectivity index (χ2n) is 6.18. The highest BCUT2D eigenvalue weighted by molar-refractivity contribution is 5.69. The lowest BCUT2D eigenvalue weighted by Gasteiger charge is -2.39. The Morgan fingerprint density at radius 3 is 2.36 bits per heavy atom. The molecule has 4 N–H and O–H groups in total. The Bertz CT molecular complexity index is 332. The average Bonchev–Trinajstić information content (AvgIpc) is 2.47. The second kappa shape index (κ2) is 9.42. The van der Waals surface area contributed by atoms with E-state index in [9.17, 15) is 20.1 Å². The van der Waals surface area contributed by atoms with E-state index in [4.69, 9.17) is 14.6 Å². The Morgan fingerprint density at radius 2 is 1.77 bits per heavy atom. The SMILES string of the molecule is CC(C)CCCCCC(=O)O[C@H]1O[C@H](CO)[C@@H](O)[C@H](O)[C@H]1O. The van der Waals surface area contributed by atoms with Crippen molar-refractivity contribution in [3.05, 3.63) is 0 Å². The monoisotopic (exact) mass is 320 g/mol. The number of aliphatic hydroxyl groups excluding tert-OH is 4. The molecule has 0 amide bonds. The molecule has 5 atom stereocenters. The first-order valence-corrected chi connectivity index (χ1v) is 7.86. The van der Waals surface area contributed by atoms with Crippen molar-refractivity contribution >= 4 is 5.97 Å². The number of carbonyl (C=O) groups is 1. The Morgan fingerprint density at radius 1 is 1.09 bits per heavy atom. The zero-order chi connectivity index (χ0) is 16.7. The van der Waals surface area contributed by atoms with Gasteiger partial charge in [0.25, 0.3) is 0 Å². The van der Waals surface area contributed by atoms with Gasteiger partial charge in [-0.15, -0.1) is 0 Å². The fourth-order valence-corrected chi connectivity index (χ4v) is 2.35. The lowest BCUT2D eigenvalue weighted by molar-refractivity contribution is -0.292. The van der Waals surface area contributed by atoms with Gasteiger partial charge < -0.3 is 29.9 Å². The van der Waals surface area contributed by atoms with Crippen LogP contribution in [0.2, 0.25) is 0 Å². The molecule has 130 valence electrons. The highest BCUT2D eigenvalue weighted by Gasteiger charge is 2.45. The van der Waals surface area contributed by atoms with E-state index in [2.05, 4.69) is 13.8 Å². The molecule has 0 bridgehead atoms. The van der Waals surface area contributed by atoms with E-state index in [1.165, 1.54) is 0 Å². The maximum absolute atomic E-state index is 11.7. The first-order valence-electron chi connectivity index (χ1n) is 7.86. The number of carbonyl (C=O) groups excluding carboxylic acids is 1. The molecule has 7 nitrogen and oxygen atoms in total. The number of hydrogen-bond acceptors (Lipinski definition) is 7. The largest absolute Gasteiger partial charge is 0.433 e. The van der Waals surface area contributed by atoms with Crippen molar-refractivity contribution in [2.24, 2.45) is 5.92 Å². The molecule has 1 saturated heterocycles. The van der Waals surface area contributed by atoms with Crippen molar-refractivity contribution < 1.29 is 34.7 Å². The molecular formula is C15H28O7. The van der Waals surface area contributed by atoms with Crippen LogP contribution < -0.4 is 0 Å². The topological polar surface area (TPSA) is 116 Å². The van der Waals surface area contributed by atoms with E-state index in [1.54, 1.807) is 0 Å². The van der Waals surface area contributed by atoms with Gasteiger partial charge in [0.2, 0.25) is 6.29 Å². The Labute approximate surface area is 130 Å². The van der Waals surface area contributed by atoms with E-state index in [0.29, 0.717) is 12.3 Å². The average molecular weight is 320 g/mol. The van der Waals surface area contributed by atoms with E-state index in [1.807, 2.05) is 0 Å². The highest BCUT2D eigenvalue weighted by atomic mass is 16.7. The van der Waals surface area contributed by atoms with Crippen LogP contribution in [0, 0.1) is 5.92 Å². The molecule has 1 aliphatic heterocycles. The number of unbranched alkanes of at least 4 members (excludes halogenated alkanes) is 2. The van der Waals surface area contributed by atoms with Gasteiger partial charge in [-0.3, -0.25) is 4.79 Å². The molecule has 22 heavy (non-hydrogen) atoms. The molecule has 0 aliphatic carbocycles. The van der Waals surface area contributed by atoms with E-state index in [0.717, 1.165) is 19.3 Å². The summed E-state index contributed by atoms with van der Waals surface area (Å²) < 4.78 is 10.1. The van der Waals surface area contributed by atoms with Crippen molar-refractivity contribution in [3.8, 4) is 0 Å². The van der Waals surface area contributed by atoms with Crippen LogP contribution in [0.25, 0.3) is 0 Å². The van der Waals surface area contributed by atoms with E-state index >= 15 is 0 Å². The standard InChI is InChI=1S/C15H28O7/c1-9(2)6-4-3-5-7-11(17)22-15-14(20)13(19)12(18)10(8-16)21-15/h9-10,12-16,18-20H,3-8H2,1-2H3/t10-,12-,13+,14-,15-/m1/s1. The third-order valence-corrected chi connectivity index (χ3v) is 3.76. The number of ether oxygens (including phenoxy) is 2. The maximum Gasteiger partial charge on any atom is 0.308 e. The van der Waals surface area contributed by atoms with Gasteiger partial charge in [0.1, 0.15) is 24.4 Å². The van der Waals surface area contributed by atoms with Gasteiger partial charge in [-0.05, 0) is 12.3 Å². The van der Waals surface area contributed by atoms with Crippen molar-refractivity contribution in [1.82, 2.24) is 0 Å². The highest BCUT2D eigenvalue weighted by Crippen LogP contribution is 2.22. The fraction of sp³-hybridized carbons (Fsp3) is 0.933. The van der Waals surface area contributed by atoms with E-state index < -0.39 is 43.3 Å². The maximum atomic E-state index is 11.7. The van der Waals surface area contributed by atoms with Crippen molar-refractivity contribution in [1.29, 1.82) is 0 Å². The number of rotatable bonds is 8. The fourth-order valence-electron chi connectivity index (χ4n) is 2.35. The molecule has 0 radical (unpaired) electrons. The third kappa shape index (κ3) is 5.81. The van der Waals surface area contributed by atoms with Crippen LogP contribution >= 0.6 is 0 Å². The van der Waals surface area contributed by atoms with Crippen LogP contribution in [0.1, 0.15) is 46.0 Å². The van der Waals surface area contributed by atoms with Crippen LogP contribution in [-0.2, 0) is 14.3 Å². The quantitative estimate of drug-likeness (QED) is 0.365. The summed E-state index contributed by atoms with van der Waals surface area (Å²) >= 11 is 0. The summed E-state index contributed by atoms with van der Waals surface area (Å²) in [4.78, 5) is 11.7. The van der Waals surface area contributed by atoms with Gasteiger partial charge in [-0.1, -0.05) is 33.1 Å². The van der Waals surface area contributed by atoms with Crippen LogP contribution in [0.3, 0.4) is 0 Å². The number of esters is 1. The molecule has 1 heterocycles. The molecule has 1 aliphatic rings. The van der Waals surface area contributed by atoms with Crippen LogP contribution in [0.4, 0.5) is 0 Å². The molecule has 1 rings (SSSR count). The van der Waals surface area contributed by atoms with Gasteiger partial charge in [-0.25, -0.2) is 0 Å². The summed E-state index contributed by atoms with van der Waals surface area (Å²) in [5, 5.41) is 38.0. The summed E-state index contributed by atoms with van der Waals surface area (Å²) in [7, 11) is 0. The Balaban J connectivity index is 2.33. The molecule has 0 unspecified atom stereocenters. The predicted molar refractivity (Wildman–Crippen MR) is 77.8 cm³/mol. The molecule has 0 aromatic carbocycles. The Hall–Kier alpha value is -0.730. The molecule has 1 fully saturated rings. The third-order valence-electron chi connectivity index (χ3n) is 3.76. The number of aliphatic hydroxyl groups is 4. The first-order chi connectivity index (χ1) is 10.4. The molecule has 0 aromatic rings. The molecular weight excluding hydrogens is 292 g/mol. The normalized spacial score (nSPS) is 32.2. The second-order valence-corrected chi connectivity index (χ2v) is 6.18. The summed E-state index contributed by atoms with van der Waals surface area (Å²) in [6.45, 7) is 3.74. The van der Waals surface area contributed by atoms with E-state index in [-0.39, 0.29) is 6.42 Å². The minimum absolute atomic E-state index is 0.202. The summed E-state index contributed by atoms with van der Waals surface area (Å²) in [5.41, 5.74) is 0. The van der Waals surface area contributed by atoms with Crippen LogP contribution in [0.5, 0.6) is 0 Å². The van der Waals surface area contributed by atoms with Gasteiger partial charge in [0, 0.05) is 6.42 Å². The molecule has 0 aromatic heterocycles. The summed E-state index contributed by atoms with van der Waals surface area (Å²) in [6, 6.07) is 0. The van der Waals surface area contributed by atoms with Crippen molar-refractivity contribution in [2.45, 2.75) is 76.7 Å². The molecule has 0 spiro atoms. The van der Waals surface area contributed by atoms with Crippen molar-refractivity contribution in [3.63, 3.8) is 0 Å². The first kappa shape index (κ1) is 19.3. The zero-order valence-electron chi connectivity index (χ0n) is 13.2. The molecule has 0 saturated carbocycles. The predicted octanol–water partition coefficient (Wildman–Crippen LogP) is -0.0640. The van der Waals surface area contributed by atoms with Crippen molar-refractivity contribution in [2.75, 3.05) is 6.61 Å². The van der Waals surface area contributed by atoms with Gasteiger partial charge in [-0.2, -0.15) is 0 Å².